The summed E-state index contributed by atoms with van der Waals surface area (Å²) in [5.74, 6) is -4.06. The number of ether oxygens (including phenoxy) is 2. The Kier molecular flexibility index (Phi) is 8.33. The van der Waals surface area contributed by atoms with Gasteiger partial charge in [-0.15, -0.1) is 0 Å². The Morgan fingerprint density at radius 2 is 1.89 bits per heavy atom. The first kappa shape index (κ1) is 27.1. The maximum Gasteiger partial charge on any atom is 0.417 e. The molecule has 3 N–H and O–H groups in total. The van der Waals surface area contributed by atoms with Crippen molar-refractivity contribution in [3.05, 3.63) is 75.9 Å². The van der Waals surface area contributed by atoms with Gasteiger partial charge in [0.1, 0.15) is 30.0 Å². The highest BCUT2D eigenvalue weighted by Crippen LogP contribution is 2.40. The second kappa shape index (κ2) is 11.1. The van der Waals surface area contributed by atoms with Crippen LogP contribution in [0.3, 0.4) is 0 Å². The maximum absolute atomic E-state index is 14.8. The van der Waals surface area contributed by atoms with E-state index >= 15 is 0 Å². The predicted octanol–water partition coefficient (Wildman–Crippen LogP) is 5.12. The molecule has 0 spiro atoms. The number of hydrogen-bond donors (Lipinski definition) is 3. The molecule has 1 amide bonds. The zero-order valence-electron chi connectivity index (χ0n) is 18.4. The minimum atomic E-state index is -4.88. The molecule has 3 rings (SSSR count). The lowest BCUT2D eigenvalue weighted by atomic mass is 10.1. The van der Waals surface area contributed by atoms with E-state index in [0.29, 0.717) is 12.1 Å². The molecule has 36 heavy (non-hydrogen) atoms. The van der Waals surface area contributed by atoms with Crippen LogP contribution in [0.5, 0.6) is 17.4 Å². The Hall–Kier alpha value is -3.48. The van der Waals surface area contributed by atoms with Crippen molar-refractivity contribution in [2.75, 3.05) is 18.5 Å². The smallest absolute Gasteiger partial charge is 0.417 e. The first-order valence-corrected chi connectivity index (χ1v) is 10.5. The number of halogens is 6. The summed E-state index contributed by atoms with van der Waals surface area (Å²) in [4.78, 5) is 16.6. The van der Waals surface area contributed by atoms with Crippen molar-refractivity contribution >= 4 is 23.2 Å². The van der Waals surface area contributed by atoms with Crippen molar-refractivity contribution in [1.29, 1.82) is 0 Å². The van der Waals surface area contributed by atoms with Crippen LogP contribution in [0, 0.1) is 18.6 Å². The van der Waals surface area contributed by atoms with Crippen LogP contribution in [-0.4, -0.2) is 40.4 Å². The molecule has 192 valence electrons. The molecule has 0 saturated carbocycles. The third-order valence-corrected chi connectivity index (χ3v) is 5.02. The summed E-state index contributed by atoms with van der Waals surface area (Å²) < 4.78 is 79.0. The van der Waals surface area contributed by atoms with E-state index in [4.69, 9.17) is 26.2 Å². The SMILES string of the molecule is Cc1cc(F)ccc1Oc1cc(C(F)(F)F)c(Cl)cc1C(=O)Nc1ccnc(OC[C@H](O)CO)c1F. The second-order valence-corrected chi connectivity index (χ2v) is 7.82. The first-order valence-electron chi connectivity index (χ1n) is 10.1. The van der Waals surface area contributed by atoms with Gasteiger partial charge in [-0.1, -0.05) is 11.6 Å². The van der Waals surface area contributed by atoms with Crippen molar-refractivity contribution in [1.82, 2.24) is 4.98 Å². The molecule has 0 aliphatic heterocycles. The topological polar surface area (TPSA) is 101 Å². The number of hydrogen-bond acceptors (Lipinski definition) is 6. The third-order valence-electron chi connectivity index (χ3n) is 4.70. The molecule has 0 unspecified atom stereocenters. The summed E-state index contributed by atoms with van der Waals surface area (Å²) in [5.41, 5.74) is -1.99. The van der Waals surface area contributed by atoms with Crippen molar-refractivity contribution < 1.29 is 46.4 Å². The summed E-state index contributed by atoms with van der Waals surface area (Å²) in [6.07, 6.45) is -5.13. The highest BCUT2D eigenvalue weighted by atomic mass is 35.5. The number of aliphatic hydroxyl groups is 2. The number of benzene rings is 2. The van der Waals surface area contributed by atoms with E-state index in [-0.39, 0.29) is 11.3 Å². The van der Waals surface area contributed by atoms with Crippen molar-refractivity contribution in [2.45, 2.75) is 19.2 Å². The van der Waals surface area contributed by atoms with Gasteiger partial charge in [-0.25, -0.2) is 9.37 Å². The number of alkyl halides is 3. The van der Waals surface area contributed by atoms with Gasteiger partial charge in [-0.05, 0) is 48.9 Å². The molecule has 1 atom stereocenters. The van der Waals surface area contributed by atoms with Crippen LogP contribution in [0.4, 0.5) is 27.6 Å². The number of nitrogens with zero attached hydrogens (tertiary/aromatic N) is 1. The fraction of sp³-hybridized carbons (Fsp3) is 0.217. The van der Waals surface area contributed by atoms with Gasteiger partial charge in [0.25, 0.3) is 11.8 Å². The Bertz CT molecular complexity index is 1270. The Morgan fingerprint density at radius 3 is 2.53 bits per heavy atom. The molecule has 0 fully saturated rings. The van der Waals surface area contributed by atoms with Crippen LogP contribution in [0.15, 0.2) is 42.6 Å². The average molecular weight is 533 g/mol. The lowest BCUT2D eigenvalue weighted by Crippen LogP contribution is -2.22. The highest BCUT2D eigenvalue weighted by molar-refractivity contribution is 6.32. The number of pyridine rings is 1. The molecular formula is C23H18ClF5N2O5. The Labute approximate surface area is 206 Å². The molecule has 1 heterocycles. The van der Waals surface area contributed by atoms with Crippen LogP contribution in [0.25, 0.3) is 0 Å². The highest BCUT2D eigenvalue weighted by Gasteiger charge is 2.35. The van der Waals surface area contributed by atoms with Gasteiger partial charge in [0.2, 0.25) is 5.82 Å². The quantitative estimate of drug-likeness (QED) is 0.348. The molecule has 2 aromatic carbocycles. The normalized spacial score (nSPS) is 12.2. The maximum atomic E-state index is 14.8. The standard InChI is InChI=1S/C23H18ClF5N2O5/c1-11-6-12(25)2-3-18(11)36-19-8-15(23(27,28)29)16(24)7-14(19)21(34)31-17-4-5-30-22(20(17)26)35-10-13(33)9-32/h2-8,13,32-33H,9-10H2,1H3,(H,30,31,34)/t13-/m1/s1. The summed E-state index contributed by atoms with van der Waals surface area (Å²) >= 11 is 5.78. The minimum Gasteiger partial charge on any atom is -0.473 e. The van der Waals surface area contributed by atoms with E-state index in [1.807, 2.05) is 0 Å². The third kappa shape index (κ3) is 6.39. The molecule has 0 radical (unpaired) electrons. The van der Waals surface area contributed by atoms with Crippen LogP contribution in [-0.2, 0) is 6.18 Å². The first-order chi connectivity index (χ1) is 16.9. The summed E-state index contributed by atoms with van der Waals surface area (Å²) in [7, 11) is 0. The van der Waals surface area contributed by atoms with Crippen LogP contribution < -0.4 is 14.8 Å². The average Bonchev–Trinajstić information content (AvgIpc) is 2.81. The Balaban J connectivity index is 1.98. The molecule has 7 nitrogen and oxygen atoms in total. The number of aryl methyl sites for hydroxylation is 1. The largest absolute Gasteiger partial charge is 0.473 e. The molecular weight excluding hydrogens is 515 g/mol. The van der Waals surface area contributed by atoms with Gasteiger partial charge < -0.3 is 25.0 Å². The second-order valence-electron chi connectivity index (χ2n) is 7.42. The number of carbonyl (C=O) groups is 1. The van der Waals surface area contributed by atoms with E-state index in [9.17, 15) is 31.9 Å². The molecule has 0 bridgehead atoms. The number of aromatic nitrogens is 1. The molecule has 13 heteroatoms. The van der Waals surface area contributed by atoms with E-state index in [1.54, 1.807) is 0 Å². The number of carbonyl (C=O) groups excluding carboxylic acids is 1. The van der Waals surface area contributed by atoms with Gasteiger partial charge >= 0.3 is 6.18 Å². The number of anilines is 1. The van der Waals surface area contributed by atoms with Gasteiger partial charge in [0.15, 0.2) is 0 Å². The number of amides is 1. The number of nitrogens with one attached hydrogen (secondary N) is 1. The lowest BCUT2D eigenvalue weighted by Gasteiger charge is -2.17. The minimum absolute atomic E-state index is 0.0332. The van der Waals surface area contributed by atoms with Gasteiger partial charge in [-0.2, -0.15) is 17.6 Å². The van der Waals surface area contributed by atoms with Gasteiger partial charge in [0, 0.05) is 6.20 Å². The number of rotatable bonds is 8. The predicted molar refractivity (Wildman–Crippen MR) is 118 cm³/mol. The zero-order valence-corrected chi connectivity index (χ0v) is 19.1. The van der Waals surface area contributed by atoms with E-state index < -0.39 is 76.5 Å². The van der Waals surface area contributed by atoms with E-state index in [2.05, 4.69) is 10.3 Å². The van der Waals surface area contributed by atoms with Gasteiger partial charge in [0.05, 0.1) is 28.4 Å². The zero-order chi connectivity index (χ0) is 26.6. The summed E-state index contributed by atoms with van der Waals surface area (Å²) in [6.45, 7) is 0.296. The van der Waals surface area contributed by atoms with Crippen LogP contribution >= 0.6 is 11.6 Å². The lowest BCUT2D eigenvalue weighted by molar-refractivity contribution is -0.137. The summed E-state index contributed by atoms with van der Waals surface area (Å²) in [6, 6.07) is 5.54. The van der Waals surface area contributed by atoms with Crippen LogP contribution in [0.2, 0.25) is 5.02 Å². The summed E-state index contributed by atoms with van der Waals surface area (Å²) in [5, 5.41) is 19.5. The van der Waals surface area contributed by atoms with Crippen LogP contribution in [0.1, 0.15) is 21.5 Å². The van der Waals surface area contributed by atoms with Crippen molar-refractivity contribution in [3.63, 3.8) is 0 Å². The van der Waals surface area contributed by atoms with E-state index in [0.717, 1.165) is 24.4 Å². The molecule has 0 saturated heterocycles. The fourth-order valence-electron chi connectivity index (χ4n) is 2.92. The van der Waals surface area contributed by atoms with Crippen molar-refractivity contribution in [2.24, 2.45) is 0 Å². The van der Waals surface area contributed by atoms with Gasteiger partial charge in [-0.3, -0.25) is 4.79 Å². The molecule has 0 aliphatic carbocycles. The van der Waals surface area contributed by atoms with Crippen molar-refractivity contribution in [3.8, 4) is 17.4 Å². The monoisotopic (exact) mass is 532 g/mol. The van der Waals surface area contributed by atoms with E-state index in [1.165, 1.54) is 13.0 Å². The fourth-order valence-corrected chi connectivity index (χ4v) is 3.19. The molecule has 0 aliphatic rings. The number of aliphatic hydroxyl groups excluding tert-OH is 2. The molecule has 3 aromatic rings. The molecule has 1 aromatic heterocycles. The Morgan fingerprint density at radius 1 is 1.17 bits per heavy atom.